The molecule has 0 radical (unpaired) electrons. The quantitative estimate of drug-likeness (QED) is 0.841. The van der Waals surface area contributed by atoms with E-state index < -0.39 is 0 Å². The van der Waals surface area contributed by atoms with Crippen LogP contribution in [0, 0.1) is 0 Å². The summed E-state index contributed by atoms with van der Waals surface area (Å²) in [5.41, 5.74) is 2.85. The van der Waals surface area contributed by atoms with Crippen molar-refractivity contribution >= 4 is 0 Å². The lowest BCUT2D eigenvalue weighted by molar-refractivity contribution is 0.163. The summed E-state index contributed by atoms with van der Waals surface area (Å²) in [7, 11) is 1.98. The number of likely N-dealkylation sites (N-methyl/N-ethyl adjacent to an activating group) is 1. The lowest BCUT2D eigenvalue weighted by atomic mass is 9.94. The first-order chi connectivity index (χ1) is 8.35. The monoisotopic (exact) mass is 236 g/mol. The summed E-state index contributed by atoms with van der Waals surface area (Å²) < 4.78 is 12.3. The van der Waals surface area contributed by atoms with Gasteiger partial charge in [0.2, 0.25) is 0 Å². The molecule has 1 heterocycles. The van der Waals surface area contributed by atoms with E-state index in [1.165, 1.54) is 11.1 Å². The first kappa shape index (κ1) is 12.5. The van der Waals surface area contributed by atoms with Gasteiger partial charge in [0.25, 0.3) is 0 Å². The minimum Gasteiger partial charge on any atom is -0.318 e. The summed E-state index contributed by atoms with van der Waals surface area (Å²) >= 11 is 0. The molecule has 0 fully saturated rings. The van der Waals surface area contributed by atoms with Gasteiger partial charge in [0, 0.05) is 25.7 Å². The zero-order valence-corrected chi connectivity index (χ0v) is 10.5. The summed E-state index contributed by atoms with van der Waals surface area (Å²) in [6.45, 7) is 2.57. The molecule has 17 heavy (non-hydrogen) atoms. The molecule has 2 nitrogen and oxygen atoms in total. The molecule has 0 aliphatic carbocycles. The van der Waals surface area contributed by atoms with Gasteiger partial charge in [-0.25, -0.2) is 0 Å². The Morgan fingerprint density at radius 3 is 2.82 bits per heavy atom. The fourth-order valence-corrected chi connectivity index (χ4v) is 2.60. The highest BCUT2D eigenvalue weighted by Gasteiger charge is 2.24. The number of hydrogen-bond acceptors (Lipinski definition) is 2. The smallest absolute Gasteiger partial charge is 0.0906 e. The summed E-state index contributed by atoms with van der Waals surface area (Å²) in [6.07, 6.45) is 1.71. The van der Waals surface area contributed by atoms with E-state index in [2.05, 4.69) is 34.5 Å². The van der Waals surface area contributed by atoms with E-state index in [-0.39, 0.29) is 6.67 Å². The molecule has 1 atom stereocenters. The first-order valence-electron chi connectivity index (χ1n) is 6.36. The molecule has 0 saturated carbocycles. The molecule has 1 aliphatic heterocycles. The molecule has 3 heteroatoms. The van der Waals surface area contributed by atoms with Crippen LogP contribution in [0.2, 0.25) is 0 Å². The van der Waals surface area contributed by atoms with Crippen molar-refractivity contribution in [1.29, 1.82) is 0 Å². The van der Waals surface area contributed by atoms with E-state index in [4.69, 9.17) is 0 Å². The lowest BCUT2D eigenvalue weighted by Gasteiger charge is -2.36. The van der Waals surface area contributed by atoms with E-state index in [1.54, 1.807) is 0 Å². The minimum atomic E-state index is -0.218. The summed E-state index contributed by atoms with van der Waals surface area (Å²) in [5.74, 6) is 0. The van der Waals surface area contributed by atoms with Gasteiger partial charge in [-0.15, -0.1) is 0 Å². The molecule has 1 N–H and O–H groups in total. The standard InChI is InChI=1S/C14H21FN2/c1-16-10-14-9-12-5-2-3-6-13(12)11-17(14)8-4-7-15/h2-3,5-6,14,16H,4,7-11H2,1H3. The summed E-state index contributed by atoms with van der Waals surface area (Å²) in [4.78, 5) is 2.40. The maximum absolute atomic E-state index is 12.3. The number of nitrogens with zero attached hydrogens (tertiary/aromatic N) is 1. The van der Waals surface area contributed by atoms with E-state index in [0.29, 0.717) is 12.5 Å². The predicted molar refractivity (Wildman–Crippen MR) is 68.9 cm³/mol. The number of alkyl halides is 1. The largest absolute Gasteiger partial charge is 0.318 e. The Labute approximate surface area is 103 Å². The van der Waals surface area contributed by atoms with Crippen molar-refractivity contribution in [2.45, 2.75) is 25.4 Å². The zero-order chi connectivity index (χ0) is 12.1. The Morgan fingerprint density at radius 1 is 1.35 bits per heavy atom. The highest BCUT2D eigenvalue weighted by atomic mass is 19.1. The van der Waals surface area contributed by atoms with Crippen molar-refractivity contribution in [3.05, 3.63) is 35.4 Å². The van der Waals surface area contributed by atoms with E-state index in [0.717, 1.165) is 26.1 Å². The third-order valence-corrected chi connectivity index (χ3v) is 3.48. The Morgan fingerprint density at radius 2 is 2.12 bits per heavy atom. The van der Waals surface area contributed by atoms with Gasteiger partial charge in [-0.2, -0.15) is 0 Å². The van der Waals surface area contributed by atoms with Crippen LogP contribution in [0.4, 0.5) is 4.39 Å². The molecular formula is C14H21FN2. The van der Waals surface area contributed by atoms with E-state index in [9.17, 15) is 4.39 Å². The molecule has 1 aromatic rings. The van der Waals surface area contributed by atoms with Crippen LogP contribution in [0.1, 0.15) is 17.5 Å². The maximum Gasteiger partial charge on any atom is 0.0906 e. The number of halogens is 1. The van der Waals surface area contributed by atoms with Crippen LogP contribution in [0.5, 0.6) is 0 Å². The van der Waals surface area contributed by atoms with Crippen molar-refractivity contribution < 1.29 is 4.39 Å². The second-order valence-corrected chi connectivity index (χ2v) is 4.70. The van der Waals surface area contributed by atoms with E-state index >= 15 is 0 Å². The molecule has 94 valence electrons. The Hall–Kier alpha value is -0.930. The van der Waals surface area contributed by atoms with Crippen molar-refractivity contribution in [3.8, 4) is 0 Å². The summed E-state index contributed by atoms with van der Waals surface area (Å²) in [5, 5.41) is 3.24. The topological polar surface area (TPSA) is 15.3 Å². The molecule has 1 unspecified atom stereocenters. The number of hydrogen-bond donors (Lipinski definition) is 1. The molecule has 1 aliphatic rings. The van der Waals surface area contributed by atoms with Gasteiger partial charge in [0.1, 0.15) is 0 Å². The van der Waals surface area contributed by atoms with Crippen LogP contribution in [-0.4, -0.2) is 37.8 Å². The third kappa shape index (κ3) is 3.05. The van der Waals surface area contributed by atoms with Crippen LogP contribution >= 0.6 is 0 Å². The van der Waals surface area contributed by atoms with Gasteiger partial charge in [-0.3, -0.25) is 9.29 Å². The van der Waals surface area contributed by atoms with Crippen LogP contribution < -0.4 is 5.32 Å². The SMILES string of the molecule is CNCC1Cc2ccccc2CN1CCCF. The van der Waals surface area contributed by atoms with Crippen molar-refractivity contribution in [3.63, 3.8) is 0 Å². The third-order valence-electron chi connectivity index (χ3n) is 3.48. The number of rotatable bonds is 5. The van der Waals surface area contributed by atoms with Gasteiger partial charge < -0.3 is 5.32 Å². The van der Waals surface area contributed by atoms with Gasteiger partial charge in [0.05, 0.1) is 6.67 Å². The highest BCUT2D eigenvalue weighted by molar-refractivity contribution is 5.30. The molecule has 0 spiro atoms. The normalized spacial score (nSPS) is 20.2. The second kappa shape index (κ2) is 6.12. The highest BCUT2D eigenvalue weighted by Crippen LogP contribution is 2.23. The van der Waals surface area contributed by atoms with Crippen molar-refractivity contribution in [2.75, 3.05) is 26.8 Å². The predicted octanol–water partition coefficient (Wildman–Crippen LogP) is 1.99. The molecular weight excluding hydrogens is 215 g/mol. The first-order valence-corrected chi connectivity index (χ1v) is 6.36. The maximum atomic E-state index is 12.3. The second-order valence-electron chi connectivity index (χ2n) is 4.70. The zero-order valence-electron chi connectivity index (χ0n) is 10.5. The summed E-state index contributed by atoms with van der Waals surface area (Å²) in [6, 6.07) is 9.09. The molecule has 1 aromatic carbocycles. The fraction of sp³-hybridized carbons (Fsp3) is 0.571. The lowest BCUT2D eigenvalue weighted by Crippen LogP contribution is -2.46. The van der Waals surface area contributed by atoms with Crippen LogP contribution in [-0.2, 0) is 13.0 Å². The van der Waals surface area contributed by atoms with Gasteiger partial charge >= 0.3 is 0 Å². The molecule has 0 amide bonds. The Kier molecular flexibility index (Phi) is 4.51. The van der Waals surface area contributed by atoms with Crippen LogP contribution in [0.15, 0.2) is 24.3 Å². The van der Waals surface area contributed by atoms with Gasteiger partial charge in [-0.1, -0.05) is 24.3 Å². The Balaban J connectivity index is 2.09. The fourth-order valence-electron chi connectivity index (χ4n) is 2.60. The average molecular weight is 236 g/mol. The average Bonchev–Trinajstić information content (AvgIpc) is 2.36. The number of nitrogens with one attached hydrogen (secondary N) is 1. The van der Waals surface area contributed by atoms with Gasteiger partial charge in [0.15, 0.2) is 0 Å². The molecule has 0 aromatic heterocycles. The minimum absolute atomic E-state index is 0.218. The Bertz CT molecular complexity index is 354. The number of fused-ring (bicyclic) bond motifs is 1. The van der Waals surface area contributed by atoms with Crippen LogP contribution in [0.3, 0.4) is 0 Å². The molecule has 2 rings (SSSR count). The molecule has 0 bridgehead atoms. The van der Waals surface area contributed by atoms with E-state index in [1.807, 2.05) is 7.05 Å². The van der Waals surface area contributed by atoms with Crippen molar-refractivity contribution in [1.82, 2.24) is 10.2 Å². The molecule has 0 saturated heterocycles. The van der Waals surface area contributed by atoms with Crippen LogP contribution in [0.25, 0.3) is 0 Å². The van der Waals surface area contributed by atoms with Gasteiger partial charge in [-0.05, 0) is 31.0 Å². The number of benzene rings is 1. The van der Waals surface area contributed by atoms with Crippen molar-refractivity contribution in [2.24, 2.45) is 0 Å².